The first-order valence-corrected chi connectivity index (χ1v) is 9.14. The highest BCUT2D eigenvalue weighted by Gasteiger charge is 2.19. The molecule has 0 aliphatic heterocycles. The third-order valence-electron chi connectivity index (χ3n) is 3.07. The summed E-state index contributed by atoms with van der Waals surface area (Å²) in [6, 6.07) is 3.44. The summed E-state index contributed by atoms with van der Waals surface area (Å²) < 4.78 is 29.1. The molecule has 2 heterocycles. The third-order valence-corrected chi connectivity index (χ3v) is 5.61. The highest BCUT2D eigenvalue weighted by atomic mass is 32.2. The SMILES string of the molecule is CCCNCc1sccc1S(=O)(=O)NCc1ccnn1C. The van der Waals surface area contributed by atoms with E-state index in [2.05, 4.69) is 22.1 Å². The van der Waals surface area contributed by atoms with E-state index in [1.165, 1.54) is 11.3 Å². The Hall–Kier alpha value is -1.22. The zero-order chi connectivity index (χ0) is 15.3. The lowest BCUT2D eigenvalue weighted by Gasteiger charge is -2.08. The first-order valence-electron chi connectivity index (χ1n) is 6.78. The van der Waals surface area contributed by atoms with Gasteiger partial charge in [-0.15, -0.1) is 11.3 Å². The van der Waals surface area contributed by atoms with Gasteiger partial charge in [-0.3, -0.25) is 4.68 Å². The highest BCUT2D eigenvalue weighted by molar-refractivity contribution is 7.89. The second-order valence-corrected chi connectivity index (χ2v) is 7.39. The molecule has 6 nitrogen and oxygen atoms in total. The quantitative estimate of drug-likeness (QED) is 0.719. The molecule has 0 aliphatic carbocycles. The van der Waals surface area contributed by atoms with Crippen LogP contribution < -0.4 is 10.0 Å². The lowest BCUT2D eigenvalue weighted by molar-refractivity contribution is 0.575. The Morgan fingerprint density at radius 2 is 2.14 bits per heavy atom. The Labute approximate surface area is 129 Å². The maximum Gasteiger partial charge on any atom is 0.242 e. The summed E-state index contributed by atoms with van der Waals surface area (Å²) in [5.74, 6) is 0. The zero-order valence-corrected chi connectivity index (χ0v) is 13.8. The van der Waals surface area contributed by atoms with E-state index in [1.807, 2.05) is 5.38 Å². The predicted octanol–water partition coefficient (Wildman–Crippen LogP) is 1.46. The first kappa shape index (κ1) is 16.2. The highest BCUT2D eigenvalue weighted by Crippen LogP contribution is 2.21. The Balaban J connectivity index is 2.05. The summed E-state index contributed by atoms with van der Waals surface area (Å²) >= 11 is 1.45. The number of nitrogens with zero attached hydrogens (tertiary/aromatic N) is 2. The topological polar surface area (TPSA) is 76.0 Å². The van der Waals surface area contributed by atoms with Crippen LogP contribution in [0.3, 0.4) is 0 Å². The van der Waals surface area contributed by atoms with Gasteiger partial charge in [0, 0.05) is 24.7 Å². The first-order chi connectivity index (χ1) is 10.0. The molecule has 116 valence electrons. The molecular formula is C13H20N4O2S2. The molecule has 0 amide bonds. The maximum absolute atomic E-state index is 12.4. The molecule has 0 aromatic carbocycles. The van der Waals surface area contributed by atoms with E-state index in [-0.39, 0.29) is 6.54 Å². The number of nitrogens with one attached hydrogen (secondary N) is 2. The van der Waals surface area contributed by atoms with Gasteiger partial charge in [0.05, 0.1) is 17.1 Å². The number of rotatable bonds is 8. The Morgan fingerprint density at radius 3 is 2.81 bits per heavy atom. The number of aromatic nitrogens is 2. The summed E-state index contributed by atoms with van der Waals surface area (Å²) in [7, 11) is -1.71. The van der Waals surface area contributed by atoms with Gasteiger partial charge >= 0.3 is 0 Å². The van der Waals surface area contributed by atoms with E-state index in [0.717, 1.165) is 23.5 Å². The third kappa shape index (κ3) is 4.13. The van der Waals surface area contributed by atoms with Gasteiger partial charge in [0.1, 0.15) is 0 Å². The van der Waals surface area contributed by atoms with Crippen molar-refractivity contribution in [3.63, 3.8) is 0 Å². The molecule has 0 spiro atoms. The number of hydrogen-bond donors (Lipinski definition) is 2. The smallest absolute Gasteiger partial charge is 0.242 e. The summed E-state index contributed by atoms with van der Waals surface area (Å²) in [6.45, 7) is 3.76. The summed E-state index contributed by atoms with van der Waals surface area (Å²) in [4.78, 5) is 1.19. The lowest BCUT2D eigenvalue weighted by Crippen LogP contribution is -2.25. The predicted molar refractivity (Wildman–Crippen MR) is 83.6 cm³/mol. The van der Waals surface area contributed by atoms with Gasteiger partial charge in [-0.25, -0.2) is 13.1 Å². The number of thiophene rings is 1. The normalized spacial score (nSPS) is 11.9. The van der Waals surface area contributed by atoms with Crippen LogP contribution in [0.15, 0.2) is 28.6 Å². The standard InChI is InChI=1S/C13H20N4O2S2/c1-3-6-14-10-12-13(5-8-20-12)21(18,19)16-9-11-4-7-15-17(11)2/h4-5,7-8,14,16H,3,6,9-10H2,1-2H3. The van der Waals surface area contributed by atoms with E-state index >= 15 is 0 Å². The van der Waals surface area contributed by atoms with Crippen LogP contribution in [0.2, 0.25) is 0 Å². The molecule has 2 N–H and O–H groups in total. The molecule has 8 heteroatoms. The molecular weight excluding hydrogens is 308 g/mol. The van der Waals surface area contributed by atoms with Gasteiger partial charge in [-0.05, 0) is 30.5 Å². The van der Waals surface area contributed by atoms with E-state index in [9.17, 15) is 8.42 Å². The average molecular weight is 328 g/mol. The molecule has 0 radical (unpaired) electrons. The number of hydrogen-bond acceptors (Lipinski definition) is 5. The van der Waals surface area contributed by atoms with E-state index < -0.39 is 10.0 Å². The van der Waals surface area contributed by atoms with E-state index in [1.54, 1.807) is 30.1 Å². The molecule has 0 saturated heterocycles. The van der Waals surface area contributed by atoms with Crippen LogP contribution in [0.1, 0.15) is 23.9 Å². The zero-order valence-electron chi connectivity index (χ0n) is 12.2. The van der Waals surface area contributed by atoms with Gasteiger partial charge in [-0.1, -0.05) is 6.92 Å². The largest absolute Gasteiger partial charge is 0.312 e. The van der Waals surface area contributed by atoms with Crippen molar-refractivity contribution >= 4 is 21.4 Å². The van der Waals surface area contributed by atoms with Crippen LogP contribution in [-0.4, -0.2) is 24.7 Å². The average Bonchev–Trinajstić information content (AvgIpc) is 3.06. The van der Waals surface area contributed by atoms with Crippen LogP contribution in [0.4, 0.5) is 0 Å². The summed E-state index contributed by atoms with van der Waals surface area (Å²) in [6.07, 6.45) is 2.67. The lowest BCUT2D eigenvalue weighted by atomic mass is 10.4. The molecule has 0 saturated carbocycles. The molecule has 0 atom stereocenters. The van der Waals surface area contributed by atoms with Crippen molar-refractivity contribution in [3.8, 4) is 0 Å². The maximum atomic E-state index is 12.4. The van der Waals surface area contributed by atoms with E-state index in [0.29, 0.717) is 11.4 Å². The van der Waals surface area contributed by atoms with Crippen LogP contribution in [0, 0.1) is 0 Å². The Morgan fingerprint density at radius 1 is 1.33 bits per heavy atom. The fourth-order valence-corrected chi connectivity index (χ4v) is 4.31. The van der Waals surface area contributed by atoms with Crippen LogP contribution in [0.25, 0.3) is 0 Å². The van der Waals surface area contributed by atoms with Crippen molar-refractivity contribution < 1.29 is 8.42 Å². The molecule has 0 bridgehead atoms. The molecule has 2 aromatic heterocycles. The van der Waals surface area contributed by atoms with Gasteiger partial charge in [0.2, 0.25) is 10.0 Å². The molecule has 0 unspecified atom stereocenters. The second-order valence-electron chi connectivity index (χ2n) is 4.66. The Bertz CT molecular complexity index is 676. The summed E-state index contributed by atoms with van der Waals surface area (Å²) in [5.41, 5.74) is 0.819. The van der Waals surface area contributed by atoms with Crippen molar-refractivity contribution in [1.82, 2.24) is 19.8 Å². The van der Waals surface area contributed by atoms with Crippen molar-refractivity contribution in [3.05, 3.63) is 34.3 Å². The van der Waals surface area contributed by atoms with Gasteiger partial charge in [0.25, 0.3) is 0 Å². The van der Waals surface area contributed by atoms with Gasteiger partial charge in [0.15, 0.2) is 0 Å². The minimum absolute atomic E-state index is 0.233. The fraction of sp³-hybridized carbons (Fsp3) is 0.462. The van der Waals surface area contributed by atoms with Crippen molar-refractivity contribution in [2.75, 3.05) is 6.54 Å². The van der Waals surface area contributed by atoms with Crippen LogP contribution >= 0.6 is 11.3 Å². The molecule has 2 aromatic rings. The van der Waals surface area contributed by atoms with Gasteiger partial charge in [-0.2, -0.15) is 5.10 Å². The molecule has 21 heavy (non-hydrogen) atoms. The monoisotopic (exact) mass is 328 g/mol. The fourth-order valence-electron chi connectivity index (χ4n) is 1.90. The second kappa shape index (κ2) is 7.17. The van der Waals surface area contributed by atoms with Gasteiger partial charge < -0.3 is 5.32 Å². The number of aryl methyl sites for hydroxylation is 1. The minimum atomic E-state index is -3.50. The van der Waals surface area contributed by atoms with Crippen LogP contribution in [-0.2, 0) is 30.2 Å². The van der Waals surface area contributed by atoms with Crippen molar-refractivity contribution in [1.29, 1.82) is 0 Å². The van der Waals surface area contributed by atoms with Crippen LogP contribution in [0.5, 0.6) is 0 Å². The Kier molecular flexibility index (Phi) is 5.51. The van der Waals surface area contributed by atoms with E-state index in [4.69, 9.17) is 0 Å². The molecule has 0 aliphatic rings. The number of sulfonamides is 1. The minimum Gasteiger partial charge on any atom is -0.312 e. The summed E-state index contributed by atoms with van der Waals surface area (Å²) in [5, 5.41) is 9.06. The molecule has 2 rings (SSSR count). The molecule has 0 fully saturated rings. The van der Waals surface area contributed by atoms with Crippen molar-refractivity contribution in [2.24, 2.45) is 7.05 Å². The van der Waals surface area contributed by atoms with Crippen molar-refractivity contribution in [2.45, 2.75) is 31.3 Å².